The third-order valence-electron chi connectivity index (χ3n) is 3.78. The molecule has 0 aliphatic heterocycles. The van der Waals surface area contributed by atoms with Crippen LogP contribution in [0.15, 0.2) is 58.4 Å². The second-order valence-corrected chi connectivity index (χ2v) is 5.60. The fourth-order valence-corrected chi connectivity index (χ4v) is 2.39. The zero-order valence-electron chi connectivity index (χ0n) is 14.2. The van der Waals surface area contributed by atoms with Crippen molar-refractivity contribution in [2.75, 3.05) is 7.11 Å². The summed E-state index contributed by atoms with van der Waals surface area (Å²) in [5, 5.41) is 3.91. The van der Waals surface area contributed by atoms with Gasteiger partial charge in [-0.1, -0.05) is 12.1 Å². The lowest BCUT2D eigenvalue weighted by molar-refractivity contribution is -0.121. The van der Waals surface area contributed by atoms with Crippen molar-refractivity contribution in [1.29, 1.82) is 0 Å². The summed E-state index contributed by atoms with van der Waals surface area (Å²) in [6.45, 7) is 0. The van der Waals surface area contributed by atoms with Gasteiger partial charge in [-0.2, -0.15) is 5.10 Å². The van der Waals surface area contributed by atoms with E-state index in [0.29, 0.717) is 16.7 Å². The molecule has 0 aliphatic carbocycles. The quantitative estimate of drug-likeness (QED) is 0.525. The second kappa shape index (κ2) is 8.06. The molecule has 2 aromatic carbocycles. The molecule has 0 bridgehead atoms. The van der Waals surface area contributed by atoms with E-state index in [1.807, 2.05) is 30.3 Å². The van der Waals surface area contributed by atoms with Crippen LogP contribution in [-0.4, -0.2) is 29.2 Å². The summed E-state index contributed by atoms with van der Waals surface area (Å²) in [5.74, 6) is 0.461. The van der Waals surface area contributed by atoms with Crippen molar-refractivity contribution in [2.45, 2.75) is 12.8 Å². The van der Waals surface area contributed by atoms with E-state index in [4.69, 9.17) is 4.74 Å². The average Bonchev–Trinajstić information content (AvgIpc) is 2.67. The van der Waals surface area contributed by atoms with Gasteiger partial charge in [0.2, 0.25) is 5.91 Å². The van der Waals surface area contributed by atoms with Gasteiger partial charge in [-0.15, -0.1) is 0 Å². The van der Waals surface area contributed by atoms with Gasteiger partial charge in [0.25, 0.3) is 5.56 Å². The Kier molecular flexibility index (Phi) is 5.38. The topological polar surface area (TPSA) is 96.4 Å². The summed E-state index contributed by atoms with van der Waals surface area (Å²) in [6, 6.07) is 14.5. The number of aromatic amines is 1. The maximum absolute atomic E-state index is 12.0. The number of aromatic nitrogens is 2. The van der Waals surface area contributed by atoms with Crippen molar-refractivity contribution in [3.05, 3.63) is 70.1 Å². The number of ether oxygens (including phenoxy) is 1. The molecule has 1 heterocycles. The molecule has 7 heteroatoms. The number of para-hydroxylation sites is 2. The lowest BCUT2D eigenvalue weighted by atomic mass is 10.2. The van der Waals surface area contributed by atoms with Crippen molar-refractivity contribution in [2.24, 2.45) is 5.10 Å². The van der Waals surface area contributed by atoms with Gasteiger partial charge in [0.1, 0.15) is 11.4 Å². The van der Waals surface area contributed by atoms with Crippen LogP contribution in [-0.2, 0) is 11.2 Å². The number of nitrogens with zero attached hydrogens (tertiary/aromatic N) is 2. The molecule has 7 nitrogen and oxygen atoms in total. The van der Waals surface area contributed by atoms with Crippen molar-refractivity contribution < 1.29 is 9.53 Å². The molecule has 3 rings (SSSR count). The number of methoxy groups -OCH3 is 1. The SMILES string of the molecule is COc1ccc(/C=N/NC(=O)CCc2nc3ccccc3[nH]c2=O)cc1. The molecule has 1 aromatic heterocycles. The van der Waals surface area contributed by atoms with E-state index in [1.54, 1.807) is 31.5 Å². The van der Waals surface area contributed by atoms with Gasteiger partial charge >= 0.3 is 0 Å². The molecule has 0 spiro atoms. The van der Waals surface area contributed by atoms with Gasteiger partial charge < -0.3 is 9.72 Å². The molecule has 0 saturated heterocycles. The monoisotopic (exact) mass is 350 g/mol. The summed E-state index contributed by atoms with van der Waals surface area (Å²) in [5.41, 5.74) is 4.70. The zero-order chi connectivity index (χ0) is 18.4. The first-order valence-electron chi connectivity index (χ1n) is 8.09. The highest BCUT2D eigenvalue weighted by Gasteiger charge is 2.07. The number of H-pyrrole nitrogens is 1. The van der Waals surface area contributed by atoms with Gasteiger partial charge in [-0.3, -0.25) is 9.59 Å². The van der Waals surface area contributed by atoms with E-state index in [0.717, 1.165) is 11.3 Å². The second-order valence-electron chi connectivity index (χ2n) is 5.60. The fourth-order valence-electron chi connectivity index (χ4n) is 2.39. The number of carbonyl (C=O) groups excluding carboxylic acids is 1. The number of aryl methyl sites for hydroxylation is 1. The van der Waals surface area contributed by atoms with Crippen molar-refractivity contribution >= 4 is 23.2 Å². The van der Waals surface area contributed by atoms with E-state index >= 15 is 0 Å². The number of carbonyl (C=O) groups is 1. The Bertz CT molecular complexity index is 994. The lowest BCUT2D eigenvalue weighted by Gasteiger charge is -2.02. The Morgan fingerprint density at radius 1 is 1.23 bits per heavy atom. The van der Waals surface area contributed by atoms with Crippen molar-refractivity contribution in [1.82, 2.24) is 15.4 Å². The highest BCUT2D eigenvalue weighted by molar-refractivity contribution is 5.82. The third kappa shape index (κ3) is 4.32. The molecule has 0 saturated carbocycles. The predicted molar refractivity (Wildman–Crippen MR) is 99.4 cm³/mol. The zero-order valence-corrected chi connectivity index (χ0v) is 14.2. The smallest absolute Gasteiger partial charge is 0.270 e. The summed E-state index contributed by atoms with van der Waals surface area (Å²) in [7, 11) is 1.60. The molecule has 132 valence electrons. The summed E-state index contributed by atoms with van der Waals surface area (Å²) < 4.78 is 5.07. The highest BCUT2D eigenvalue weighted by Crippen LogP contribution is 2.09. The molecule has 3 aromatic rings. The number of benzene rings is 2. The molecule has 1 amide bonds. The van der Waals surface area contributed by atoms with Crippen LogP contribution in [0.1, 0.15) is 17.7 Å². The number of hydrazone groups is 1. The van der Waals surface area contributed by atoms with Crippen LogP contribution in [0.4, 0.5) is 0 Å². The minimum Gasteiger partial charge on any atom is -0.497 e. The first-order valence-corrected chi connectivity index (χ1v) is 8.09. The first-order chi connectivity index (χ1) is 12.7. The molecule has 26 heavy (non-hydrogen) atoms. The number of hydrogen-bond donors (Lipinski definition) is 2. The largest absolute Gasteiger partial charge is 0.497 e. The minimum absolute atomic E-state index is 0.119. The van der Waals surface area contributed by atoms with Crippen LogP contribution in [0.2, 0.25) is 0 Å². The van der Waals surface area contributed by atoms with Gasteiger partial charge in [-0.25, -0.2) is 10.4 Å². The number of nitrogens with one attached hydrogen (secondary N) is 2. The maximum Gasteiger partial charge on any atom is 0.270 e. The van der Waals surface area contributed by atoms with Gasteiger partial charge in [0.05, 0.1) is 24.4 Å². The van der Waals surface area contributed by atoms with Crippen molar-refractivity contribution in [3.63, 3.8) is 0 Å². The number of amides is 1. The van der Waals surface area contributed by atoms with Crippen molar-refractivity contribution in [3.8, 4) is 5.75 Å². The lowest BCUT2D eigenvalue weighted by Crippen LogP contribution is -2.21. The molecular formula is C19H18N4O3. The summed E-state index contributed by atoms with van der Waals surface area (Å²) in [4.78, 5) is 31.0. The van der Waals surface area contributed by atoms with Crippen LogP contribution in [0.25, 0.3) is 11.0 Å². The van der Waals surface area contributed by atoms with E-state index in [1.165, 1.54) is 0 Å². The van der Waals surface area contributed by atoms with E-state index < -0.39 is 0 Å². The first kappa shape index (κ1) is 17.3. The summed E-state index contributed by atoms with van der Waals surface area (Å²) >= 11 is 0. The molecule has 0 aliphatic rings. The predicted octanol–water partition coefficient (Wildman–Crippen LogP) is 2.01. The van der Waals surface area contributed by atoms with Crippen LogP contribution >= 0.6 is 0 Å². The maximum atomic E-state index is 12.0. The molecule has 0 fully saturated rings. The van der Waals surface area contributed by atoms with Crippen LogP contribution < -0.4 is 15.7 Å². The Morgan fingerprint density at radius 2 is 2.00 bits per heavy atom. The minimum atomic E-state index is -0.288. The Hall–Kier alpha value is -3.48. The molecule has 0 atom stereocenters. The van der Waals surface area contributed by atoms with Crippen LogP contribution in [0, 0.1) is 0 Å². The average molecular weight is 350 g/mol. The van der Waals surface area contributed by atoms with Gasteiger partial charge in [0.15, 0.2) is 0 Å². The Labute approximate surface area is 149 Å². The standard InChI is InChI=1S/C19H18N4O3/c1-26-14-8-6-13(7-9-14)12-20-23-18(24)11-10-17-19(25)22-16-5-3-2-4-15(16)21-17/h2-9,12H,10-11H2,1H3,(H,22,25)(H,23,24)/b20-12+. The van der Waals surface area contributed by atoms with E-state index in [9.17, 15) is 9.59 Å². The molecule has 2 N–H and O–H groups in total. The number of hydrogen-bond acceptors (Lipinski definition) is 5. The third-order valence-corrected chi connectivity index (χ3v) is 3.78. The molecule has 0 unspecified atom stereocenters. The Morgan fingerprint density at radius 3 is 2.77 bits per heavy atom. The Balaban J connectivity index is 1.56. The highest BCUT2D eigenvalue weighted by atomic mass is 16.5. The number of rotatable bonds is 6. The van der Waals surface area contributed by atoms with Gasteiger partial charge in [-0.05, 0) is 42.0 Å². The molecule has 0 radical (unpaired) electrons. The normalized spacial score (nSPS) is 11.0. The van der Waals surface area contributed by atoms with Gasteiger partial charge in [0, 0.05) is 12.8 Å². The molecular weight excluding hydrogens is 332 g/mol. The number of fused-ring (bicyclic) bond motifs is 1. The fraction of sp³-hybridized carbons (Fsp3) is 0.158. The van der Waals surface area contributed by atoms with Crippen LogP contribution in [0.3, 0.4) is 0 Å². The van der Waals surface area contributed by atoms with Crippen LogP contribution in [0.5, 0.6) is 5.75 Å². The van der Waals surface area contributed by atoms with E-state index in [-0.39, 0.29) is 24.3 Å². The summed E-state index contributed by atoms with van der Waals surface area (Å²) in [6.07, 6.45) is 1.90. The van der Waals surface area contributed by atoms with E-state index in [2.05, 4.69) is 20.5 Å².